The van der Waals surface area contributed by atoms with Crippen molar-refractivity contribution in [1.82, 2.24) is 15.5 Å². The number of hydrogen-bond donors (Lipinski definition) is 1. The van der Waals surface area contributed by atoms with Crippen molar-refractivity contribution in [2.24, 2.45) is 0 Å². The van der Waals surface area contributed by atoms with Crippen molar-refractivity contribution in [1.29, 1.82) is 0 Å². The molecule has 0 unspecified atom stereocenters. The van der Waals surface area contributed by atoms with Crippen LogP contribution in [0.25, 0.3) is 10.6 Å². The highest BCUT2D eigenvalue weighted by Crippen LogP contribution is 2.29. The van der Waals surface area contributed by atoms with Crippen LogP contribution in [-0.2, 0) is 6.42 Å². The van der Waals surface area contributed by atoms with E-state index < -0.39 is 0 Å². The summed E-state index contributed by atoms with van der Waals surface area (Å²) in [5, 5.41) is 14.3. The summed E-state index contributed by atoms with van der Waals surface area (Å²) in [5.41, 5.74) is 2.50. The molecule has 1 heterocycles. The minimum absolute atomic E-state index is 0.769. The van der Waals surface area contributed by atoms with Crippen LogP contribution >= 0.6 is 33.9 Å². The Morgan fingerprint density at radius 3 is 3.00 bits per heavy atom. The van der Waals surface area contributed by atoms with Crippen LogP contribution in [0.1, 0.15) is 23.4 Å². The van der Waals surface area contributed by atoms with Crippen molar-refractivity contribution in [2.75, 3.05) is 6.54 Å². The Hall–Kier alpha value is -0.530. The molecule has 0 radical (unpaired) electrons. The van der Waals surface area contributed by atoms with E-state index in [4.69, 9.17) is 0 Å². The number of nitrogens with one attached hydrogen (secondary N) is 1. The standard InChI is InChI=1S/C14H16IN3S/c1-9-3-2-4-11(13(9)15)14-18-17-12(19-14)7-8-16-10-5-6-10/h2-4,10,16H,5-8H2,1H3. The zero-order chi connectivity index (χ0) is 13.2. The van der Waals surface area contributed by atoms with E-state index in [9.17, 15) is 0 Å². The third-order valence-electron chi connectivity index (χ3n) is 3.24. The monoisotopic (exact) mass is 385 g/mol. The molecule has 19 heavy (non-hydrogen) atoms. The lowest BCUT2D eigenvalue weighted by Gasteiger charge is -2.02. The Kier molecular flexibility index (Phi) is 4.14. The van der Waals surface area contributed by atoms with E-state index in [0.717, 1.165) is 29.0 Å². The lowest BCUT2D eigenvalue weighted by molar-refractivity contribution is 0.677. The number of nitrogens with zero attached hydrogens (tertiary/aromatic N) is 2. The van der Waals surface area contributed by atoms with Gasteiger partial charge in [0.15, 0.2) is 0 Å². The average Bonchev–Trinajstić information content (AvgIpc) is 3.10. The Labute approximate surface area is 131 Å². The van der Waals surface area contributed by atoms with Crippen LogP contribution in [0.3, 0.4) is 0 Å². The van der Waals surface area contributed by atoms with Crippen LogP contribution in [0.15, 0.2) is 18.2 Å². The van der Waals surface area contributed by atoms with E-state index in [1.54, 1.807) is 11.3 Å². The van der Waals surface area contributed by atoms with Gasteiger partial charge in [0.1, 0.15) is 10.0 Å². The van der Waals surface area contributed by atoms with Crippen LogP contribution in [-0.4, -0.2) is 22.8 Å². The molecule has 0 bridgehead atoms. The molecule has 1 fully saturated rings. The van der Waals surface area contributed by atoms with Gasteiger partial charge in [0, 0.05) is 28.1 Å². The first-order chi connectivity index (χ1) is 9.24. The Morgan fingerprint density at radius 2 is 2.21 bits per heavy atom. The molecule has 0 spiro atoms. The number of benzene rings is 1. The minimum atomic E-state index is 0.769. The molecule has 0 aliphatic heterocycles. The first kappa shape index (κ1) is 13.5. The van der Waals surface area contributed by atoms with E-state index in [2.05, 4.69) is 63.2 Å². The fourth-order valence-corrected chi connectivity index (χ4v) is 3.62. The first-order valence-corrected chi connectivity index (χ1v) is 8.45. The summed E-state index contributed by atoms with van der Waals surface area (Å²) >= 11 is 4.10. The maximum absolute atomic E-state index is 4.34. The smallest absolute Gasteiger partial charge is 0.148 e. The summed E-state index contributed by atoms with van der Waals surface area (Å²) < 4.78 is 1.28. The van der Waals surface area contributed by atoms with Gasteiger partial charge < -0.3 is 5.32 Å². The van der Waals surface area contributed by atoms with Gasteiger partial charge in [0.05, 0.1) is 0 Å². The Bertz CT molecular complexity index is 578. The van der Waals surface area contributed by atoms with E-state index in [1.165, 1.54) is 27.5 Å². The largest absolute Gasteiger partial charge is 0.314 e. The van der Waals surface area contributed by atoms with Crippen molar-refractivity contribution in [3.8, 4) is 10.6 Å². The van der Waals surface area contributed by atoms with Crippen molar-refractivity contribution in [3.05, 3.63) is 32.3 Å². The van der Waals surface area contributed by atoms with Crippen molar-refractivity contribution < 1.29 is 0 Å². The summed E-state index contributed by atoms with van der Waals surface area (Å²) in [4.78, 5) is 0. The van der Waals surface area contributed by atoms with Gasteiger partial charge in [-0.2, -0.15) is 0 Å². The molecule has 3 rings (SSSR count). The lowest BCUT2D eigenvalue weighted by atomic mass is 10.1. The number of aryl methyl sites for hydroxylation is 1. The van der Waals surface area contributed by atoms with Crippen LogP contribution in [0.4, 0.5) is 0 Å². The molecule has 100 valence electrons. The highest BCUT2D eigenvalue weighted by Gasteiger charge is 2.20. The van der Waals surface area contributed by atoms with E-state index >= 15 is 0 Å². The summed E-state index contributed by atoms with van der Waals surface area (Å²) in [5.74, 6) is 0. The van der Waals surface area contributed by atoms with Gasteiger partial charge in [0.2, 0.25) is 0 Å². The maximum atomic E-state index is 4.34. The summed E-state index contributed by atoms with van der Waals surface area (Å²) in [6.45, 7) is 3.15. The fourth-order valence-electron chi connectivity index (χ4n) is 1.95. The lowest BCUT2D eigenvalue weighted by Crippen LogP contribution is -2.19. The van der Waals surface area contributed by atoms with Gasteiger partial charge in [-0.1, -0.05) is 29.5 Å². The second-order valence-electron chi connectivity index (χ2n) is 4.92. The topological polar surface area (TPSA) is 37.8 Å². The highest BCUT2D eigenvalue weighted by molar-refractivity contribution is 14.1. The van der Waals surface area contributed by atoms with E-state index in [1.807, 2.05) is 0 Å². The van der Waals surface area contributed by atoms with Gasteiger partial charge in [0.25, 0.3) is 0 Å². The molecule has 3 nitrogen and oxygen atoms in total. The Morgan fingerprint density at radius 1 is 1.37 bits per heavy atom. The van der Waals surface area contributed by atoms with Crippen LogP contribution in [0.2, 0.25) is 0 Å². The molecule has 1 aromatic heterocycles. The molecule has 1 saturated carbocycles. The SMILES string of the molecule is Cc1cccc(-c2nnc(CCNC3CC3)s2)c1I. The van der Waals surface area contributed by atoms with Crippen molar-refractivity contribution >= 4 is 33.9 Å². The van der Waals surface area contributed by atoms with E-state index in [-0.39, 0.29) is 0 Å². The first-order valence-electron chi connectivity index (χ1n) is 6.55. The fraction of sp³-hybridized carbons (Fsp3) is 0.429. The summed E-state index contributed by atoms with van der Waals surface area (Å²) in [7, 11) is 0. The zero-order valence-electron chi connectivity index (χ0n) is 10.8. The number of aromatic nitrogens is 2. The van der Waals surface area contributed by atoms with Crippen molar-refractivity contribution in [2.45, 2.75) is 32.2 Å². The molecule has 1 aromatic carbocycles. The van der Waals surface area contributed by atoms with Crippen molar-refractivity contribution in [3.63, 3.8) is 0 Å². The second kappa shape index (κ2) is 5.85. The van der Waals surface area contributed by atoms with Crippen LogP contribution in [0, 0.1) is 10.5 Å². The van der Waals surface area contributed by atoms with Crippen LogP contribution < -0.4 is 5.32 Å². The molecule has 2 aromatic rings. The van der Waals surface area contributed by atoms with Crippen LogP contribution in [0.5, 0.6) is 0 Å². The molecule has 0 amide bonds. The third-order valence-corrected chi connectivity index (χ3v) is 5.69. The van der Waals surface area contributed by atoms with Gasteiger partial charge in [-0.25, -0.2) is 0 Å². The molecule has 1 aliphatic rings. The normalized spacial score (nSPS) is 14.8. The van der Waals surface area contributed by atoms with Gasteiger partial charge in [-0.3, -0.25) is 0 Å². The molecule has 1 aliphatic carbocycles. The quantitative estimate of drug-likeness (QED) is 0.802. The number of halogens is 1. The number of hydrogen-bond acceptors (Lipinski definition) is 4. The zero-order valence-corrected chi connectivity index (χ0v) is 13.8. The van der Waals surface area contributed by atoms with Gasteiger partial charge in [-0.15, -0.1) is 10.2 Å². The summed E-state index contributed by atoms with van der Waals surface area (Å²) in [6, 6.07) is 7.11. The van der Waals surface area contributed by atoms with Gasteiger partial charge >= 0.3 is 0 Å². The average molecular weight is 385 g/mol. The molecular weight excluding hydrogens is 369 g/mol. The van der Waals surface area contributed by atoms with E-state index in [0.29, 0.717) is 0 Å². The molecule has 0 saturated heterocycles. The third kappa shape index (κ3) is 3.32. The highest BCUT2D eigenvalue weighted by atomic mass is 127. The molecule has 1 N–H and O–H groups in total. The predicted octanol–water partition coefficient (Wildman–Crippen LogP) is 3.41. The maximum Gasteiger partial charge on any atom is 0.148 e. The predicted molar refractivity (Wildman–Crippen MR) is 87.5 cm³/mol. The minimum Gasteiger partial charge on any atom is -0.314 e. The number of rotatable bonds is 5. The molecule has 0 atom stereocenters. The second-order valence-corrected chi connectivity index (χ2v) is 7.06. The Balaban J connectivity index is 1.70. The molecule has 5 heteroatoms. The van der Waals surface area contributed by atoms with Gasteiger partial charge in [-0.05, 0) is 47.9 Å². The molecular formula is C14H16IN3S. The summed E-state index contributed by atoms with van der Waals surface area (Å²) in [6.07, 6.45) is 3.66.